The highest BCUT2D eigenvalue weighted by molar-refractivity contribution is 5.98. The Balaban J connectivity index is 1.48. The molecule has 7 heteroatoms. The molecule has 2 heterocycles. The molecule has 0 bridgehead atoms. The maximum Gasteiger partial charge on any atom is 0.324 e. The predicted octanol–water partition coefficient (Wildman–Crippen LogP) is 1.42. The van der Waals surface area contributed by atoms with Crippen LogP contribution in [0.4, 0.5) is 4.79 Å². The quantitative estimate of drug-likeness (QED) is 0.862. The van der Waals surface area contributed by atoms with Gasteiger partial charge in [-0.15, -0.1) is 0 Å². The third kappa shape index (κ3) is 4.33. The minimum absolute atomic E-state index is 0.0380. The average molecular weight is 359 g/mol. The van der Waals surface area contributed by atoms with Crippen molar-refractivity contribution in [3.63, 3.8) is 0 Å². The van der Waals surface area contributed by atoms with Gasteiger partial charge in [-0.2, -0.15) is 0 Å². The van der Waals surface area contributed by atoms with Gasteiger partial charge in [0.15, 0.2) is 0 Å². The van der Waals surface area contributed by atoms with Crippen molar-refractivity contribution in [2.75, 3.05) is 33.3 Å². The molecule has 0 aromatic heterocycles. The van der Waals surface area contributed by atoms with E-state index in [1.807, 2.05) is 23.1 Å². The van der Waals surface area contributed by atoms with E-state index in [-0.39, 0.29) is 24.8 Å². The molecule has 1 aromatic rings. The molecule has 0 unspecified atom stereocenters. The lowest BCUT2D eigenvalue weighted by Crippen LogP contribution is -2.53. The van der Waals surface area contributed by atoms with Crippen molar-refractivity contribution in [3.05, 3.63) is 29.8 Å². The Morgan fingerprint density at radius 3 is 2.62 bits per heavy atom. The Hall–Kier alpha value is -2.57. The zero-order valence-electron chi connectivity index (χ0n) is 15.1. The number of para-hydroxylation sites is 1. The van der Waals surface area contributed by atoms with Crippen LogP contribution in [-0.4, -0.2) is 60.9 Å². The van der Waals surface area contributed by atoms with E-state index in [4.69, 9.17) is 4.74 Å². The monoisotopic (exact) mass is 359 g/mol. The number of hydrogen-bond acceptors (Lipinski definition) is 4. The number of nitrogens with zero attached hydrogens (tertiary/aromatic N) is 2. The van der Waals surface area contributed by atoms with Gasteiger partial charge in [0.2, 0.25) is 11.8 Å². The van der Waals surface area contributed by atoms with Crippen LogP contribution in [0.2, 0.25) is 0 Å². The van der Waals surface area contributed by atoms with E-state index >= 15 is 0 Å². The number of carbonyl (C=O) groups excluding carboxylic acids is 3. The highest BCUT2D eigenvalue weighted by Gasteiger charge is 2.28. The molecule has 0 radical (unpaired) electrons. The topological polar surface area (TPSA) is 79.0 Å². The van der Waals surface area contributed by atoms with Crippen molar-refractivity contribution in [3.8, 4) is 5.75 Å². The number of rotatable bonds is 5. The molecule has 140 valence electrons. The summed E-state index contributed by atoms with van der Waals surface area (Å²) >= 11 is 0. The van der Waals surface area contributed by atoms with E-state index in [0.29, 0.717) is 25.6 Å². The van der Waals surface area contributed by atoms with Crippen LogP contribution >= 0.6 is 0 Å². The van der Waals surface area contributed by atoms with Gasteiger partial charge in [-0.1, -0.05) is 18.2 Å². The van der Waals surface area contributed by atoms with Crippen molar-refractivity contribution < 1.29 is 19.1 Å². The first-order chi connectivity index (χ1) is 12.6. The summed E-state index contributed by atoms with van der Waals surface area (Å²) < 4.78 is 5.42. The number of piperidine rings is 1. The van der Waals surface area contributed by atoms with Gasteiger partial charge < -0.3 is 14.5 Å². The number of likely N-dealkylation sites (tertiary alicyclic amines) is 1. The number of amides is 4. The molecular formula is C19H25N3O4. The lowest BCUT2D eigenvalue weighted by molar-refractivity contribution is -0.134. The molecule has 4 amide bonds. The lowest BCUT2D eigenvalue weighted by atomic mass is 9.90. The molecule has 3 rings (SSSR count). The summed E-state index contributed by atoms with van der Waals surface area (Å²) in [5.41, 5.74) is 1.20. The normalized spacial score (nSPS) is 18.7. The molecule has 0 atom stereocenters. The second-order valence-corrected chi connectivity index (χ2v) is 6.87. The summed E-state index contributed by atoms with van der Waals surface area (Å²) in [5.74, 6) is 1.10. The lowest BCUT2D eigenvalue weighted by Gasteiger charge is -2.34. The SMILES string of the molecule is COc1ccccc1CC1CCN(C(=O)CN2CCC(=O)NC2=O)CC1. The minimum atomic E-state index is -0.472. The van der Waals surface area contributed by atoms with Crippen molar-refractivity contribution in [1.82, 2.24) is 15.1 Å². The van der Waals surface area contributed by atoms with Crippen LogP contribution in [-0.2, 0) is 16.0 Å². The van der Waals surface area contributed by atoms with Crippen LogP contribution in [0.3, 0.4) is 0 Å². The smallest absolute Gasteiger partial charge is 0.324 e. The third-order valence-electron chi connectivity index (χ3n) is 5.14. The Bertz CT molecular complexity index is 683. The van der Waals surface area contributed by atoms with Crippen LogP contribution in [0.1, 0.15) is 24.8 Å². The Morgan fingerprint density at radius 2 is 1.92 bits per heavy atom. The van der Waals surface area contributed by atoms with Crippen molar-refractivity contribution in [2.24, 2.45) is 5.92 Å². The highest BCUT2D eigenvalue weighted by Crippen LogP contribution is 2.26. The summed E-state index contributed by atoms with van der Waals surface area (Å²) in [6.07, 6.45) is 3.08. The highest BCUT2D eigenvalue weighted by atomic mass is 16.5. The maximum absolute atomic E-state index is 12.5. The first-order valence-corrected chi connectivity index (χ1v) is 9.05. The largest absolute Gasteiger partial charge is 0.496 e. The van der Waals surface area contributed by atoms with E-state index in [1.54, 1.807) is 7.11 Å². The van der Waals surface area contributed by atoms with Crippen LogP contribution in [0.15, 0.2) is 24.3 Å². The van der Waals surface area contributed by atoms with Gasteiger partial charge in [0.1, 0.15) is 12.3 Å². The van der Waals surface area contributed by atoms with Gasteiger partial charge in [0.25, 0.3) is 0 Å². The standard InChI is InChI=1S/C19H25N3O4/c1-26-16-5-3-2-4-15(16)12-14-6-9-21(10-7-14)18(24)13-22-11-8-17(23)20-19(22)25/h2-5,14H,6-13H2,1H3,(H,20,23,25). The Kier molecular flexibility index (Phi) is 5.75. The molecule has 2 saturated heterocycles. The number of methoxy groups -OCH3 is 1. The zero-order chi connectivity index (χ0) is 18.5. The van der Waals surface area contributed by atoms with Gasteiger partial charge in [0.05, 0.1) is 7.11 Å². The number of carbonyl (C=O) groups is 3. The van der Waals surface area contributed by atoms with Crippen molar-refractivity contribution in [2.45, 2.75) is 25.7 Å². The van der Waals surface area contributed by atoms with Gasteiger partial charge >= 0.3 is 6.03 Å². The molecule has 1 aromatic carbocycles. The Morgan fingerprint density at radius 1 is 1.19 bits per heavy atom. The summed E-state index contributed by atoms with van der Waals surface area (Å²) in [7, 11) is 1.68. The second-order valence-electron chi connectivity index (χ2n) is 6.87. The molecule has 2 fully saturated rings. The van der Waals surface area contributed by atoms with E-state index in [2.05, 4.69) is 11.4 Å². The molecule has 0 aliphatic carbocycles. The fourth-order valence-corrected chi connectivity index (χ4v) is 3.58. The molecule has 2 aliphatic rings. The summed E-state index contributed by atoms with van der Waals surface area (Å²) in [6, 6.07) is 7.58. The Labute approximate surface area is 153 Å². The molecule has 0 saturated carbocycles. The molecule has 26 heavy (non-hydrogen) atoms. The molecule has 0 spiro atoms. The van der Waals surface area contributed by atoms with Crippen LogP contribution in [0.5, 0.6) is 5.75 Å². The predicted molar refractivity (Wildman–Crippen MR) is 95.7 cm³/mol. The second kappa shape index (κ2) is 8.21. The van der Waals surface area contributed by atoms with E-state index in [1.165, 1.54) is 10.5 Å². The average Bonchev–Trinajstić information content (AvgIpc) is 2.65. The molecule has 1 N–H and O–H groups in total. The summed E-state index contributed by atoms with van der Waals surface area (Å²) in [6.45, 7) is 1.75. The van der Waals surface area contributed by atoms with Crippen LogP contribution in [0.25, 0.3) is 0 Å². The number of ether oxygens (including phenoxy) is 1. The number of imide groups is 1. The first-order valence-electron chi connectivity index (χ1n) is 9.05. The van der Waals surface area contributed by atoms with Crippen molar-refractivity contribution >= 4 is 17.8 Å². The van der Waals surface area contributed by atoms with Crippen LogP contribution < -0.4 is 10.1 Å². The first kappa shape index (κ1) is 18.2. The fourth-order valence-electron chi connectivity index (χ4n) is 3.58. The summed E-state index contributed by atoms with van der Waals surface area (Å²) in [5, 5.41) is 2.25. The number of urea groups is 1. The molecular weight excluding hydrogens is 334 g/mol. The third-order valence-corrected chi connectivity index (χ3v) is 5.14. The number of nitrogens with one attached hydrogen (secondary N) is 1. The van der Waals surface area contributed by atoms with E-state index in [9.17, 15) is 14.4 Å². The van der Waals surface area contributed by atoms with Gasteiger partial charge in [-0.3, -0.25) is 14.9 Å². The minimum Gasteiger partial charge on any atom is -0.496 e. The molecule has 7 nitrogen and oxygen atoms in total. The van der Waals surface area contributed by atoms with E-state index < -0.39 is 6.03 Å². The van der Waals surface area contributed by atoms with Gasteiger partial charge in [-0.25, -0.2) is 4.79 Å². The van der Waals surface area contributed by atoms with Crippen molar-refractivity contribution in [1.29, 1.82) is 0 Å². The van der Waals surface area contributed by atoms with E-state index in [0.717, 1.165) is 25.0 Å². The van der Waals surface area contributed by atoms with Gasteiger partial charge in [0, 0.05) is 26.1 Å². The maximum atomic E-state index is 12.5. The summed E-state index contributed by atoms with van der Waals surface area (Å²) in [4.78, 5) is 38.6. The zero-order valence-corrected chi connectivity index (χ0v) is 15.1. The number of hydrogen-bond donors (Lipinski definition) is 1. The number of benzene rings is 1. The fraction of sp³-hybridized carbons (Fsp3) is 0.526. The van der Waals surface area contributed by atoms with Crippen LogP contribution in [0, 0.1) is 5.92 Å². The van der Waals surface area contributed by atoms with Gasteiger partial charge in [-0.05, 0) is 36.8 Å². The molecule has 2 aliphatic heterocycles.